The number of aliphatic hydroxyl groups excluding tert-OH is 2. The summed E-state index contributed by atoms with van der Waals surface area (Å²) in [5.74, 6) is 1.79. The van der Waals surface area contributed by atoms with Gasteiger partial charge in [0.05, 0.1) is 24.9 Å². The fourth-order valence-corrected chi connectivity index (χ4v) is 5.29. The number of ether oxygens (including phenoxy) is 3. The van der Waals surface area contributed by atoms with Crippen LogP contribution in [0.25, 0.3) is 0 Å². The third kappa shape index (κ3) is 5.59. The van der Waals surface area contributed by atoms with Gasteiger partial charge in [-0.15, -0.1) is 0 Å². The molecular formula is C31H36O5. The number of benzene rings is 3. The highest BCUT2D eigenvalue weighted by Crippen LogP contribution is 2.36. The van der Waals surface area contributed by atoms with Crippen LogP contribution in [0, 0.1) is 13.8 Å². The molecule has 1 fully saturated rings. The minimum atomic E-state index is -0.451. The predicted octanol–water partition coefficient (Wildman–Crippen LogP) is 5.24. The molecule has 5 nitrogen and oxygen atoms in total. The van der Waals surface area contributed by atoms with Crippen molar-refractivity contribution in [2.24, 2.45) is 0 Å². The Morgan fingerprint density at radius 3 is 2.58 bits per heavy atom. The SMILES string of the molecule is Cc1ccc2c(c1)CC(C)(COc1ccc(Cc3cc(C4CC(O)CC(CO)O4)ccc3C)cc1)O2. The van der Waals surface area contributed by atoms with Gasteiger partial charge in [-0.1, -0.05) is 48.0 Å². The van der Waals surface area contributed by atoms with Crippen LogP contribution in [0.4, 0.5) is 0 Å². The zero-order chi connectivity index (χ0) is 25.3. The number of fused-ring (bicyclic) bond motifs is 1. The van der Waals surface area contributed by atoms with Crippen molar-refractivity contribution in [2.75, 3.05) is 13.2 Å². The quantitative estimate of drug-likeness (QED) is 0.476. The van der Waals surface area contributed by atoms with Crippen LogP contribution < -0.4 is 9.47 Å². The molecule has 0 amide bonds. The summed E-state index contributed by atoms with van der Waals surface area (Å²) in [5, 5.41) is 19.7. The summed E-state index contributed by atoms with van der Waals surface area (Å²) in [6.45, 7) is 6.74. The lowest BCUT2D eigenvalue weighted by Gasteiger charge is -2.32. The lowest BCUT2D eigenvalue weighted by Crippen LogP contribution is -2.37. The van der Waals surface area contributed by atoms with Crippen LogP contribution in [0.3, 0.4) is 0 Å². The molecular weight excluding hydrogens is 452 g/mol. The molecule has 36 heavy (non-hydrogen) atoms. The largest absolute Gasteiger partial charge is 0.489 e. The first-order valence-corrected chi connectivity index (χ1v) is 12.8. The van der Waals surface area contributed by atoms with Crippen molar-refractivity contribution in [3.63, 3.8) is 0 Å². The lowest BCUT2D eigenvalue weighted by atomic mass is 9.92. The van der Waals surface area contributed by atoms with Crippen LogP contribution in [-0.2, 0) is 17.6 Å². The summed E-state index contributed by atoms with van der Waals surface area (Å²) >= 11 is 0. The van der Waals surface area contributed by atoms with Crippen molar-refractivity contribution in [1.29, 1.82) is 0 Å². The van der Waals surface area contributed by atoms with E-state index in [-0.39, 0.29) is 24.4 Å². The van der Waals surface area contributed by atoms with E-state index >= 15 is 0 Å². The topological polar surface area (TPSA) is 68.2 Å². The summed E-state index contributed by atoms with van der Waals surface area (Å²) < 4.78 is 18.4. The molecule has 0 saturated carbocycles. The summed E-state index contributed by atoms with van der Waals surface area (Å²) in [6.07, 6.45) is 1.72. The van der Waals surface area contributed by atoms with Gasteiger partial charge in [-0.3, -0.25) is 0 Å². The van der Waals surface area contributed by atoms with Gasteiger partial charge < -0.3 is 24.4 Å². The van der Waals surface area contributed by atoms with E-state index in [4.69, 9.17) is 14.2 Å². The summed E-state index contributed by atoms with van der Waals surface area (Å²) in [7, 11) is 0. The molecule has 0 aromatic heterocycles. The molecule has 3 aromatic rings. The fourth-order valence-electron chi connectivity index (χ4n) is 5.29. The maximum Gasteiger partial charge on any atom is 0.144 e. The number of aliphatic hydroxyl groups is 2. The molecule has 4 unspecified atom stereocenters. The van der Waals surface area contributed by atoms with Gasteiger partial charge >= 0.3 is 0 Å². The van der Waals surface area contributed by atoms with Crippen molar-refractivity contribution in [3.8, 4) is 11.5 Å². The molecule has 2 N–H and O–H groups in total. The van der Waals surface area contributed by atoms with E-state index in [2.05, 4.69) is 69.3 Å². The van der Waals surface area contributed by atoms with Crippen LogP contribution in [0.1, 0.15) is 59.3 Å². The highest BCUT2D eigenvalue weighted by atomic mass is 16.5. The van der Waals surface area contributed by atoms with Crippen molar-refractivity contribution in [2.45, 2.75) is 70.4 Å². The first-order chi connectivity index (χ1) is 17.3. The first kappa shape index (κ1) is 24.8. The molecule has 4 atom stereocenters. The normalized spacial score (nSPS) is 25.3. The number of hydrogen-bond acceptors (Lipinski definition) is 5. The highest BCUT2D eigenvalue weighted by molar-refractivity contribution is 5.42. The van der Waals surface area contributed by atoms with Gasteiger partial charge in [-0.25, -0.2) is 0 Å². The van der Waals surface area contributed by atoms with E-state index in [0.717, 1.165) is 29.9 Å². The van der Waals surface area contributed by atoms with Gasteiger partial charge in [0.15, 0.2) is 0 Å². The second-order valence-electron chi connectivity index (χ2n) is 10.7. The Kier molecular flexibility index (Phi) is 7.07. The molecule has 0 radical (unpaired) electrons. The van der Waals surface area contributed by atoms with Gasteiger partial charge in [0, 0.05) is 19.3 Å². The second kappa shape index (κ2) is 10.3. The van der Waals surface area contributed by atoms with Crippen LogP contribution in [0.15, 0.2) is 60.7 Å². The van der Waals surface area contributed by atoms with Crippen LogP contribution in [0.2, 0.25) is 0 Å². The molecule has 0 bridgehead atoms. The van der Waals surface area contributed by atoms with Gasteiger partial charge in [-0.05, 0) is 73.2 Å². The van der Waals surface area contributed by atoms with E-state index in [0.29, 0.717) is 19.4 Å². The molecule has 2 aliphatic heterocycles. The van der Waals surface area contributed by atoms with Crippen LogP contribution in [-0.4, -0.2) is 41.2 Å². The van der Waals surface area contributed by atoms with Crippen molar-refractivity contribution in [1.82, 2.24) is 0 Å². The Hall–Kier alpha value is -2.86. The van der Waals surface area contributed by atoms with Gasteiger partial charge in [0.25, 0.3) is 0 Å². The van der Waals surface area contributed by atoms with E-state index in [1.165, 1.54) is 27.8 Å². The van der Waals surface area contributed by atoms with Crippen molar-refractivity contribution < 1.29 is 24.4 Å². The number of hydrogen-bond donors (Lipinski definition) is 2. The average molecular weight is 489 g/mol. The standard InChI is InChI=1S/C31H36O5/c1-20-4-11-29-25(12-20)17-31(3,36-29)19-34-27-9-6-22(7-10-27)13-24-14-23(8-5-21(24)2)30-16-26(33)15-28(18-32)35-30/h4-12,14,26,28,30,32-33H,13,15-19H2,1-3H3. The Labute approximate surface area is 213 Å². The molecule has 5 rings (SSSR count). The van der Waals surface area contributed by atoms with Gasteiger partial charge in [0.1, 0.15) is 23.7 Å². The maximum atomic E-state index is 10.2. The summed E-state index contributed by atoms with van der Waals surface area (Å²) in [5.41, 5.74) is 6.82. The second-order valence-corrected chi connectivity index (χ2v) is 10.7. The van der Waals surface area contributed by atoms with E-state index in [1.54, 1.807) is 0 Å². The smallest absolute Gasteiger partial charge is 0.144 e. The zero-order valence-electron chi connectivity index (χ0n) is 21.4. The van der Waals surface area contributed by atoms with Crippen molar-refractivity contribution >= 4 is 0 Å². The Morgan fingerprint density at radius 1 is 1.00 bits per heavy atom. The van der Waals surface area contributed by atoms with E-state index in [1.807, 2.05) is 12.1 Å². The summed E-state index contributed by atoms with van der Waals surface area (Å²) in [4.78, 5) is 0. The number of rotatable bonds is 7. The molecule has 1 saturated heterocycles. The minimum Gasteiger partial charge on any atom is -0.489 e. The van der Waals surface area contributed by atoms with Crippen LogP contribution in [0.5, 0.6) is 11.5 Å². The Morgan fingerprint density at radius 2 is 1.81 bits per heavy atom. The maximum absolute atomic E-state index is 10.2. The van der Waals surface area contributed by atoms with Crippen LogP contribution >= 0.6 is 0 Å². The molecule has 190 valence electrons. The van der Waals surface area contributed by atoms with Gasteiger partial charge in [-0.2, -0.15) is 0 Å². The third-order valence-corrected chi connectivity index (χ3v) is 7.33. The molecule has 3 aromatic carbocycles. The van der Waals surface area contributed by atoms with Crippen molar-refractivity contribution in [3.05, 3.63) is 94.0 Å². The Balaban J connectivity index is 1.21. The first-order valence-electron chi connectivity index (χ1n) is 12.8. The molecule has 2 aliphatic rings. The Bertz CT molecular complexity index is 1200. The monoisotopic (exact) mass is 488 g/mol. The average Bonchev–Trinajstić information content (AvgIpc) is 3.20. The lowest BCUT2D eigenvalue weighted by molar-refractivity contribution is -0.113. The third-order valence-electron chi connectivity index (χ3n) is 7.33. The van der Waals surface area contributed by atoms with E-state index in [9.17, 15) is 10.2 Å². The highest BCUT2D eigenvalue weighted by Gasteiger charge is 2.35. The minimum absolute atomic E-state index is 0.0709. The van der Waals surface area contributed by atoms with Gasteiger partial charge in [0.2, 0.25) is 0 Å². The zero-order valence-corrected chi connectivity index (χ0v) is 21.4. The molecule has 5 heteroatoms. The van der Waals surface area contributed by atoms with E-state index < -0.39 is 6.10 Å². The fraction of sp³-hybridized carbons (Fsp3) is 0.419. The molecule has 0 spiro atoms. The molecule has 2 heterocycles. The molecule has 0 aliphatic carbocycles. The number of aryl methyl sites for hydroxylation is 2. The predicted molar refractivity (Wildman–Crippen MR) is 140 cm³/mol. The summed E-state index contributed by atoms with van der Waals surface area (Å²) in [6, 6.07) is 21.0.